The van der Waals surface area contributed by atoms with Crippen molar-refractivity contribution < 1.29 is 18.4 Å². The Hall–Kier alpha value is -0.970. The van der Waals surface area contributed by atoms with Crippen molar-refractivity contribution in [3.63, 3.8) is 0 Å². The molecule has 1 aromatic rings. The van der Waals surface area contributed by atoms with Crippen molar-refractivity contribution >= 4 is 49.7 Å². The van der Waals surface area contributed by atoms with Crippen molar-refractivity contribution in [3.8, 4) is 0 Å². The molecule has 1 heterocycles. The van der Waals surface area contributed by atoms with Gasteiger partial charge in [0.25, 0.3) is 11.8 Å². The molecule has 3 N–H and O–H groups in total. The second-order valence-electron chi connectivity index (χ2n) is 5.88. The Bertz CT molecular complexity index is 665. The van der Waals surface area contributed by atoms with Crippen LogP contribution in [0.3, 0.4) is 0 Å². The average molecular weight is 408 g/mol. The van der Waals surface area contributed by atoms with E-state index >= 15 is 0 Å². The summed E-state index contributed by atoms with van der Waals surface area (Å²) in [4.78, 5) is 26.8. The molecule has 0 spiro atoms. The number of hydrogen-bond donors (Lipinski definition) is 5. The van der Waals surface area contributed by atoms with Gasteiger partial charge in [-0.05, 0) is 18.6 Å². The van der Waals surface area contributed by atoms with Crippen molar-refractivity contribution in [1.82, 2.24) is 10.2 Å². The molecular weight excluding hydrogens is 388 g/mol. The monoisotopic (exact) mass is 407 g/mol. The molecule has 2 rings (SSSR count). The van der Waals surface area contributed by atoms with Gasteiger partial charge in [0.05, 0.1) is 12.6 Å². The van der Waals surface area contributed by atoms with Crippen molar-refractivity contribution in [2.24, 2.45) is 5.73 Å². The number of rotatable bonds is 5. The normalized spacial score (nSPS) is 17.4. The highest BCUT2D eigenvalue weighted by atomic mass is 32.1. The molecule has 1 aliphatic rings. The third-order valence-electron chi connectivity index (χ3n) is 3.87. The van der Waals surface area contributed by atoms with Crippen LogP contribution < -0.4 is 11.1 Å². The summed E-state index contributed by atoms with van der Waals surface area (Å²) >= 11 is 12.6. The minimum absolute atomic E-state index is 0.00257. The Morgan fingerprint density at radius 2 is 1.88 bits per heavy atom. The molecule has 0 bridgehead atoms. The summed E-state index contributed by atoms with van der Waals surface area (Å²) in [5, 5.41) is 2.63. The van der Waals surface area contributed by atoms with Gasteiger partial charge >= 0.3 is 0 Å². The van der Waals surface area contributed by atoms with Gasteiger partial charge in [0, 0.05) is 39.8 Å². The van der Waals surface area contributed by atoms with Gasteiger partial charge in [0.2, 0.25) is 5.91 Å². The summed E-state index contributed by atoms with van der Waals surface area (Å²) < 4.78 is 26.3. The van der Waals surface area contributed by atoms with E-state index in [-0.39, 0.29) is 31.8 Å². The van der Waals surface area contributed by atoms with Crippen LogP contribution in [0.25, 0.3) is 0 Å². The summed E-state index contributed by atoms with van der Waals surface area (Å²) in [7, 11) is 0. The Kier molecular flexibility index (Phi) is 6.63. The number of nitrogens with zero attached hydrogens (tertiary/aromatic N) is 1. The van der Waals surface area contributed by atoms with Crippen LogP contribution in [0.2, 0.25) is 0 Å². The number of halogens is 2. The van der Waals surface area contributed by atoms with E-state index in [0.29, 0.717) is 20.2 Å². The standard InChI is InChI=1S/C15H19F2N3O2S3/c16-15(17)2-4-20(7-15)14(22)9(18)1-3-19-13(21)8-5-10(23)12(25)11(24)6-8/h5-6,9,23-25H,1-4,7,18H2,(H,19,21). The van der Waals surface area contributed by atoms with Gasteiger partial charge in [-0.15, -0.1) is 37.9 Å². The van der Waals surface area contributed by atoms with Gasteiger partial charge < -0.3 is 16.0 Å². The lowest BCUT2D eigenvalue weighted by atomic mass is 10.1. The van der Waals surface area contributed by atoms with E-state index in [1.54, 1.807) is 12.1 Å². The van der Waals surface area contributed by atoms with Crippen LogP contribution in [0.15, 0.2) is 26.8 Å². The van der Waals surface area contributed by atoms with Crippen LogP contribution in [0.4, 0.5) is 8.78 Å². The minimum Gasteiger partial charge on any atom is -0.352 e. The Morgan fingerprint density at radius 3 is 2.40 bits per heavy atom. The molecule has 1 aliphatic heterocycles. The number of alkyl halides is 2. The first kappa shape index (κ1) is 20.3. The van der Waals surface area contributed by atoms with Crippen LogP contribution in [0.5, 0.6) is 0 Å². The first-order chi connectivity index (χ1) is 11.6. The summed E-state index contributed by atoms with van der Waals surface area (Å²) in [6.45, 7) is -0.461. The highest BCUT2D eigenvalue weighted by molar-refractivity contribution is 7.85. The van der Waals surface area contributed by atoms with Crippen LogP contribution >= 0.6 is 37.9 Å². The molecule has 0 aromatic heterocycles. The van der Waals surface area contributed by atoms with E-state index in [9.17, 15) is 18.4 Å². The number of thiol groups is 3. The van der Waals surface area contributed by atoms with E-state index in [2.05, 4.69) is 43.2 Å². The number of carbonyl (C=O) groups is 2. The minimum atomic E-state index is -2.85. The second-order valence-corrected chi connectivity index (χ2v) is 7.29. The van der Waals surface area contributed by atoms with Gasteiger partial charge in [0.15, 0.2) is 0 Å². The maximum Gasteiger partial charge on any atom is 0.267 e. The largest absolute Gasteiger partial charge is 0.352 e. The maximum atomic E-state index is 13.1. The summed E-state index contributed by atoms with van der Waals surface area (Å²) in [5.74, 6) is -3.75. The second kappa shape index (κ2) is 8.15. The molecule has 0 saturated carbocycles. The number of amides is 2. The highest BCUT2D eigenvalue weighted by Gasteiger charge is 2.41. The van der Waals surface area contributed by atoms with Gasteiger partial charge in [-0.3, -0.25) is 9.59 Å². The third-order valence-corrected chi connectivity index (χ3v) is 5.41. The Balaban J connectivity index is 1.84. The zero-order valence-corrected chi connectivity index (χ0v) is 15.9. The maximum absolute atomic E-state index is 13.1. The molecule has 5 nitrogen and oxygen atoms in total. The van der Waals surface area contributed by atoms with Crippen LogP contribution in [-0.4, -0.2) is 48.3 Å². The van der Waals surface area contributed by atoms with Gasteiger partial charge in [0.1, 0.15) is 0 Å². The van der Waals surface area contributed by atoms with Crippen molar-refractivity contribution in [1.29, 1.82) is 0 Å². The van der Waals surface area contributed by atoms with E-state index in [1.807, 2.05) is 0 Å². The summed E-state index contributed by atoms with van der Waals surface area (Å²) in [5.41, 5.74) is 6.11. The Morgan fingerprint density at radius 1 is 1.28 bits per heavy atom. The summed E-state index contributed by atoms with van der Waals surface area (Å²) in [6, 6.07) is 2.17. The molecule has 138 valence electrons. The molecule has 1 atom stereocenters. The lowest BCUT2D eigenvalue weighted by Gasteiger charge is -2.20. The van der Waals surface area contributed by atoms with Crippen molar-refractivity contribution in [2.75, 3.05) is 19.6 Å². The molecule has 10 heteroatoms. The molecule has 0 aliphatic carbocycles. The average Bonchev–Trinajstić information content (AvgIpc) is 2.91. The molecular formula is C15H19F2N3O2S3. The number of hydrogen-bond acceptors (Lipinski definition) is 6. The zero-order chi connectivity index (χ0) is 18.8. The first-order valence-electron chi connectivity index (χ1n) is 7.56. The van der Waals surface area contributed by atoms with Crippen LogP contribution in [-0.2, 0) is 4.79 Å². The van der Waals surface area contributed by atoms with Crippen molar-refractivity contribution in [2.45, 2.75) is 39.5 Å². The number of likely N-dealkylation sites (tertiary alicyclic amines) is 1. The first-order valence-corrected chi connectivity index (χ1v) is 8.90. The van der Waals surface area contributed by atoms with E-state index in [4.69, 9.17) is 5.73 Å². The van der Waals surface area contributed by atoms with E-state index in [1.165, 1.54) is 0 Å². The zero-order valence-electron chi connectivity index (χ0n) is 13.2. The van der Waals surface area contributed by atoms with Crippen LogP contribution in [0, 0.1) is 0 Å². The quantitative estimate of drug-likeness (QED) is 0.484. The predicted octanol–water partition coefficient (Wildman–Crippen LogP) is 1.87. The molecule has 2 amide bonds. The SMILES string of the molecule is NC(CCNC(=O)c1cc(S)c(S)c(S)c1)C(=O)N1CCC(F)(F)C1. The van der Waals surface area contributed by atoms with Gasteiger partial charge in [-0.25, -0.2) is 8.78 Å². The molecule has 1 saturated heterocycles. The highest BCUT2D eigenvalue weighted by Crippen LogP contribution is 2.28. The number of benzene rings is 1. The molecule has 1 unspecified atom stereocenters. The fraction of sp³-hybridized carbons (Fsp3) is 0.467. The molecule has 1 fully saturated rings. The summed E-state index contributed by atoms with van der Waals surface area (Å²) in [6.07, 6.45) is -0.194. The van der Waals surface area contributed by atoms with Gasteiger partial charge in [-0.1, -0.05) is 0 Å². The number of carbonyl (C=O) groups excluding carboxylic acids is 2. The molecule has 1 aromatic carbocycles. The lowest BCUT2D eigenvalue weighted by molar-refractivity contribution is -0.133. The smallest absolute Gasteiger partial charge is 0.267 e. The number of nitrogens with two attached hydrogens (primary N) is 1. The fourth-order valence-electron chi connectivity index (χ4n) is 2.46. The topological polar surface area (TPSA) is 75.4 Å². The Labute approximate surface area is 160 Å². The molecule has 25 heavy (non-hydrogen) atoms. The van der Waals surface area contributed by atoms with Crippen molar-refractivity contribution in [3.05, 3.63) is 17.7 Å². The number of nitrogens with one attached hydrogen (secondary N) is 1. The van der Waals surface area contributed by atoms with E-state index in [0.717, 1.165) is 4.90 Å². The van der Waals surface area contributed by atoms with E-state index < -0.39 is 24.4 Å². The van der Waals surface area contributed by atoms with Crippen LogP contribution in [0.1, 0.15) is 23.2 Å². The predicted molar refractivity (Wildman–Crippen MR) is 99.3 cm³/mol. The molecule has 0 radical (unpaired) electrons. The lowest BCUT2D eigenvalue weighted by Crippen LogP contribution is -2.45. The van der Waals surface area contributed by atoms with Gasteiger partial charge in [-0.2, -0.15) is 0 Å². The fourth-order valence-corrected chi connectivity index (χ4v) is 3.20. The third kappa shape index (κ3) is 5.25.